The summed E-state index contributed by atoms with van der Waals surface area (Å²) in [6.07, 6.45) is 43.0. The van der Waals surface area contributed by atoms with Gasteiger partial charge in [0.1, 0.15) is 0 Å². The van der Waals surface area contributed by atoms with Crippen LogP contribution in [-0.2, 0) is 9.53 Å². The smallest absolute Gasteiger partial charge is 0.307 e. The monoisotopic (exact) mass is 580 g/mol. The van der Waals surface area contributed by atoms with Gasteiger partial charge in [0.15, 0.2) is 6.23 Å². The van der Waals surface area contributed by atoms with Crippen LogP contribution in [-0.4, -0.2) is 18.7 Å². The van der Waals surface area contributed by atoms with Crippen LogP contribution >= 0.6 is 0 Å². The quantitative estimate of drug-likeness (QED) is 0.0461. The molecule has 0 aliphatic carbocycles. The second-order valence-electron chi connectivity index (χ2n) is 13.1. The minimum Gasteiger partial charge on any atom is -0.447 e. The lowest BCUT2D eigenvalue weighted by molar-refractivity contribution is -0.149. The summed E-state index contributed by atoms with van der Waals surface area (Å²) in [6.45, 7) is 7.50. The van der Waals surface area contributed by atoms with Crippen molar-refractivity contribution in [1.82, 2.24) is 5.32 Å². The van der Waals surface area contributed by atoms with Crippen LogP contribution in [0, 0.1) is 0 Å². The Kier molecular flexibility index (Phi) is 35.1. The summed E-state index contributed by atoms with van der Waals surface area (Å²) in [5.41, 5.74) is 0. The lowest BCUT2D eigenvalue weighted by Gasteiger charge is -2.15. The number of carbonyl (C=O) groups excluding carboxylic acids is 1. The largest absolute Gasteiger partial charge is 0.447 e. The van der Waals surface area contributed by atoms with Gasteiger partial charge in [-0.15, -0.1) is 0 Å². The Morgan fingerprint density at radius 2 is 0.707 bits per heavy atom. The predicted octanol–water partition coefficient (Wildman–Crippen LogP) is 13.0. The summed E-state index contributed by atoms with van der Waals surface area (Å²) in [5, 5.41) is 3.37. The second kappa shape index (κ2) is 35.6. The Morgan fingerprint density at radius 1 is 0.439 bits per heavy atom. The normalized spacial score (nSPS) is 12.2. The highest BCUT2D eigenvalue weighted by Gasteiger charge is 2.08. The highest BCUT2D eigenvalue weighted by atomic mass is 16.6. The fourth-order valence-electron chi connectivity index (χ4n) is 5.92. The molecule has 0 aromatic carbocycles. The minimum absolute atomic E-state index is 0.0355. The van der Waals surface area contributed by atoms with Crippen LogP contribution in [0.25, 0.3) is 0 Å². The molecule has 0 radical (unpaired) electrons. The predicted molar refractivity (Wildman–Crippen MR) is 183 cm³/mol. The molecule has 246 valence electrons. The van der Waals surface area contributed by atoms with Gasteiger partial charge in [0.2, 0.25) is 0 Å². The molecular weight excluding hydrogens is 502 g/mol. The SMILES string of the molecule is CCCCCCCCCCCCCCCCCCNC(C)OC(=O)CCCCCCCCCCCCCCCCC. The number of ether oxygens (including phenoxy) is 1. The van der Waals surface area contributed by atoms with E-state index in [0.29, 0.717) is 6.42 Å². The van der Waals surface area contributed by atoms with E-state index in [9.17, 15) is 4.79 Å². The number of hydrogen-bond donors (Lipinski definition) is 1. The van der Waals surface area contributed by atoms with Gasteiger partial charge in [0, 0.05) is 6.42 Å². The molecule has 3 nitrogen and oxygen atoms in total. The number of rotatable bonds is 35. The molecule has 0 spiro atoms. The molecular formula is C38H77NO2. The van der Waals surface area contributed by atoms with Gasteiger partial charge in [-0.1, -0.05) is 200 Å². The highest BCUT2D eigenvalue weighted by Crippen LogP contribution is 2.15. The molecule has 0 saturated heterocycles. The Hall–Kier alpha value is -0.570. The molecule has 3 heteroatoms. The number of hydrogen-bond acceptors (Lipinski definition) is 3. The van der Waals surface area contributed by atoms with E-state index in [1.807, 2.05) is 6.92 Å². The van der Waals surface area contributed by atoms with E-state index in [2.05, 4.69) is 19.2 Å². The van der Waals surface area contributed by atoms with Gasteiger partial charge >= 0.3 is 5.97 Å². The minimum atomic E-state index is -0.157. The highest BCUT2D eigenvalue weighted by molar-refractivity contribution is 5.69. The Balaban J connectivity index is 3.26. The maximum Gasteiger partial charge on any atom is 0.307 e. The molecule has 0 heterocycles. The molecule has 0 amide bonds. The molecule has 1 atom stereocenters. The fraction of sp³-hybridized carbons (Fsp3) is 0.974. The fourth-order valence-corrected chi connectivity index (χ4v) is 5.92. The molecule has 0 aromatic heterocycles. The maximum atomic E-state index is 12.1. The van der Waals surface area contributed by atoms with E-state index < -0.39 is 0 Å². The first-order valence-corrected chi connectivity index (χ1v) is 19.1. The van der Waals surface area contributed by atoms with Crippen LogP contribution in [0.2, 0.25) is 0 Å². The molecule has 1 N–H and O–H groups in total. The molecule has 0 fully saturated rings. The first-order valence-electron chi connectivity index (χ1n) is 19.1. The zero-order valence-corrected chi connectivity index (χ0v) is 28.7. The third-order valence-electron chi connectivity index (χ3n) is 8.75. The van der Waals surface area contributed by atoms with Crippen molar-refractivity contribution < 1.29 is 9.53 Å². The second-order valence-corrected chi connectivity index (χ2v) is 13.1. The lowest BCUT2D eigenvalue weighted by atomic mass is 10.0. The van der Waals surface area contributed by atoms with E-state index >= 15 is 0 Å². The zero-order chi connectivity index (χ0) is 29.9. The standard InChI is InChI=1S/C38H77NO2/c1-4-6-8-10-12-14-16-18-20-22-24-26-28-30-32-34-36-39-37(3)41-38(40)35-33-31-29-27-25-23-21-19-17-15-13-11-9-7-5-2/h37,39H,4-36H2,1-3H3. The van der Waals surface area contributed by atoms with Crippen LogP contribution in [0.15, 0.2) is 0 Å². The topological polar surface area (TPSA) is 38.3 Å². The van der Waals surface area contributed by atoms with Gasteiger partial charge in [-0.3, -0.25) is 10.1 Å². The number of esters is 1. The van der Waals surface area contributed by atoms with Crippen LogP contribution in [0.5, 0.6) is 0 Å². The maximum absolute atomic E-state index is 12.1. The number of carbonyl (C=O) groups is 1. The Bertz CT molecular complexity index is 495. The van der Waals surface area contributed by atoms with Crippen LogP contribution in [0.1, 0.15) is 226 Å². The molecule has 41 heavy (non-hydrogen) atoms. The van der Waals surface area contributed by atoms with Crippen molar-refractivity contribution in [2.24, 2.45) is 0 Å². The van der Waals surface area contributed by atoms with Gasteiger partial charge in [0.25, 0.3) is 0 Å². The van der Waals surface area contributed by atoms with Gasteiger partial charge in [-0.2, -0.15) is 0 Å². The average Bonchev–Trinajstić information content (AvgIpc) is 2.96. The van der Waals surface area contributed by atoms with Gasteiger partial charge in [0.05, 0.1) is 0 Å². The molecule has 0 rings (SSSR count). The van der Waals surface area contributed by atoms with Gasteiger partial charge in [-0.05, 0) is 26.3 Å². The van der Waals surface area contributed by atoms with Gasteiger partial charge < -0.3 is 4.74 Å². The summed E-state index contributed by atoms with van der Waals surface area (Å²) in [7, 11) is 0. The molecule has 0 aliphatic rings. The third-order valence-corrected chi connectivity index (χ3v) is 8.75. The summed E-state index contributed by atoms with van der Waals surface area (Å²) in [4.78, 5) is 12.1. The van der Waals surface area contributed by atoms with Crippen molar-refractivity contribution in [3.05, 3.63) is 0 Å². The summed E-state index contributed by atoms with van der Waals surface area (Å²) in [5.74, 6) is -0.0355. The zero-order valence-electron chi connectivity index (χ0n) is 28.7. The van der Waals surface area contributed by atoms with Gasteiger partial charge in [-0.25, -0.2) is 0 Å². The Labute approximate surface area is 259 Å². The van der Waals surface area contributed by atoms with E-state index in [1.54, 1.807) is 0 Å². The van der Waals surface area contributed by atoms with Crippen LogP contribution < -0.4 is 5.32 Å². The van der Waals surface area contributed by atoms with Crippen LogP contribution in [0.4, 0.5) is 0 Å². The van der Waals surface area contributed by atoms with E-state index in [0.717, 1.165) is 19.4 Å². The van der Waals surface area contributed by atoms with E-state index in [4.69, 9.17) is 4.74 Å². The van der Waals surface area contributed by atoms with Crippen molar-refractivity contribution in [2.45, 2.75) is 232 Å². The number of unbranched alkanes of at least 4 members (excludes halogenated alkanes) is 29. The van der Waals surface area contributed by atoms with E-state index in [-0.39, 0.29) is 12.2 Å². The molecule has 0 saturated carbocycles. The van der Waals surface area contributed by atoms with Crippen molar-refractivity contribution >= 4 is 5.97 Å². The third kappa shape index (κ3) is 35.5. The molecule has 0 aliphatic heterocycles. The van der Waals surface area contributed by atoms with E-state index in [1.165, 1.54) is 186 Å². The molecule has 0 aromatic rings. The summed E-state index contributed by atoms with van der Waals surface area (Å²) >= 11 is 0. The Morgan fingerprint density at radius 3 is 1.02 bits per heavy atom. The van der Waals surface area contributed by atoms with Crippen LogP contribution in [0.3, 0.4) is 0 Å². The first kappa shape index (κ1) is 40.4. The van der Waals surface area contributed by atoms with Crippen molar-refractivity contribution in [1.29, 1.82) is 0 Å². The lowest BCUT2D eigenvalue weighted by Crippen LogP contribution is -2.31. The summed E-state index contributed by atoms with van der Waals surface area (Å²) < 4.78 is 5.55. The average molecular weight is 580 g/mol. The molecule has 0 bridgehead atoms. The first-order chi connectivity index (χ1) is 20.2. The van der Waals surface area contributed by atoms with Crippen molar-refractivity contribution in [3.8, 4) is 0 Å². The summed E-state index contributed by atoms with van der Waals surface area (Å²) in [6, 6.07) is 0. The van der Waals surface area contributed by atoms with Crippen molar-refractivity contribution in [3.63, 3.8) is 0 Å². The number of nitrogens with one attached hydrogen (secondary N) is 1. The molecule has 1 unspecified atom stereocenters. The van der Waals surface area contributed by atoms with Crippen molar-refractivity contribution in [2.75, 3.05) is 6.54 Å².